The number of alkyl halides is 3. The number of halogens is 6. The number of aryl methyl sites for hydroxylation is 1. The fourth-order valence-electron chi connectivity index (χ4n) is 4.96. The Labute approximate surface area is 241 Å². The van der Waals surface area contributed by atoms with Crippen LogP contribution in [0.5, 0.6) is 0 Å². The van der Waals surface area contributed by atoms with Crippen molar-refractivity contribution in [3.05, 3.63) is 56.3 Å². The molecule has 1 unspecified atom stereocenters. The van der Waals surface area contributed by atoms with Crippen molar-refractivity contribution in [3.8, 4) is 0 Å². The van der Waals surface area contributed by atoms with Crippen LogP contribution in [0.1, 0.15) is 57.0 Å². The predicted octanol–water partition coefficient (Wildman–Crippen LogP) is 7.96. The van der Waals surface area contributed by atoms with Crippen molar-refractivity contribution in [1.82, 2.24) is 14.9 Å². The minimum Gasteiger partial charge on any atom is -0.370 e. The van der Waals surface area contributed by atoms with Crippen LogP contribution in [0, 0.1) is 11.3 Å². The first kappa shape index (κ1) is 29.8. The summed E-state index contributed by atoms with van der Waals surface area (Å²) in [5.41, 5.74) is 3.23. The van der Waals surface area contributed by atoms with Crippen LogP contribution in [0.4, 0.5) is 18.9 Å². The van der Waals surface area contributed by atoms with Crippen molar-refractivity contribution < 1.29 is 18.0 Å². The molecule has 39 heavy (non-hydrogen) atoms. The monoisotopic (exact) mass is 602 g/mol. The Balaban J connectivity index is 1.59. The van der Waals surface area contributed by atoms with Crippen molar-refractivity contribution in [2.24, 2.45) is 18.4 Å². The molecule has 2 aromatic carbocycles. The van der Waals surface area contributed by atoms with Crippen LogP contribution in [0.3, 0.4) is 0 Å². The van der Waals surface area contributed by atoms with E-state index < -0.39 is 12.1 Å². The van der Waals surface area contributed by atoms with Crippen molar-refractivity contribution in [2.45, 2.75) is 59.2 Å². The summed E-state index contributed by atoms with van der Waals surface area (Å²) in [7, 11) is 1.84. The number of carbonyl (C=O) groups is 1. The van der Waals surface area contributed by atoms with Gasteiger partial charge in [-0.05, 0) is 47.6 Å². The van der Waals surface area contributed by atoms with E-state index in [2.05, 4.69) is 5.32 Å². The molecule has 1 fully saturated rings. The second-order valence-electron chi connectivity index (χ2n) is 11.4. The number of hydrogen-bond acceptors (Lipinski definition) is 3. The molecule has 1 aliphatic rings. The van der Waals surface area contributed by atoms with E-state index in [0.717, 1.165) is 11.1 Å². The van der Waals surface area contributed by atoms with Gasteiger partial charge in [-0.1, -0.05) is 61.6 Å². The number of benzene rings is 2. The number of aromatic nitrogens is 2. The molecule has 1 amide bonds. The van der Waals surface area contributed by atoms with Crippen molar-refractivity contribution in [1.29, 1.82) is 0 Å². The Bertz CT molecular complexity index is 1380. The van der Waals surface area contributed by atoms with Gasteiger partial charge in [0.05, 0.1) is 32.7 Å². The highest BCUT2D eigenvalue weighted by Gasteiger charge is 2.42. The third kappa shape index (κ3) is 6.95. The minimum atomic E-state index is -4.24. The molecule has 212 valence electrons. The summed E-state index contributed by atoms with van der Waals surface area (Å²) in [6.45, 7) is 6.65. The Morgan fingerprint density at radius 2 is 1.85 bits per heavy atom. The second kappa shape index (κ2) is 11.4. The summed E-state index contributed by atoms with van der Waals surface area (Å²) in [6.07, 6.45) is -2.96. The maximum Gasteiger partial charge on any atom is 0.393 e. The Hall–Kier alpha value is -2.16. The number of amides is 1. The Morgan fingerprint density at radius 3 is 2.51 bits per heavy atom. The molecule has 3 aromatic rings. The van der Waals surface area contributed by atoms with Gasteiger partial charge in [0.2, 0.25) is 5.91 Å². The molecular formula is C28H32Cl3F3N4O. The maximum absolute atomic E-state index is 13.4. The summed E-state index contributed by atoms with van der Waals surface area (Å²) in [6, 6.07) is 7.03. The van der Waals surface area contributed by atoms with Gasteiger partial charge in [0.1, 0.15) is 5.82 Å². The molecule has 5 nitrogen and oxygen atoms in total. The zero-order valence-electron chi connectivity index (χ0n) is 22.4. The highest BCUT2D eigenvalue weighted by Crippen LogP contribution is 2.39. The van der Waals surface area contributed by atoms with E-state index in [1.807, 2.05) is 32.4 Å². The molecule has 1 saturated heterocycles. The van der Waals surface area contributed by atoms with Gasteiger partial charge in [0, 0.05) is 44.5 Å². The second-order valence-corrected chi connectivity index (χ2v) is 12.6. The molecule has 1 aliphatic heterocycles. The normalized spacial score (nSPS) is 16.7. The largest absolute Gasteiger partial charge is 0.393 e. The Morgan fingerprint density at radius 1 is 1.13 bits per heavy atom. The minimum absolute atomic E-state index is 0.0617. The fourth-order valence-corrected chi connectivity index (χ4v) is 5.80. The van der Waals surface area contributed by atoms with E-state index in [-0.39, 0.29) is 30.8 Å². The predicted molar refractivity (Wildman–Crippen MR) is 152 cm³/mol. The van der Waals surface area contributed by atoms with Gasteiger partial charge in [0.15, 0.2) is 0 Å². The first-order valence-electron chi connectivity index (χ1n) is 12.8. The molecule has 1 aromatic heterocycles. The SMILES string of the molecule is Cn1c(Cc2c(Cl)ccc(CNC(=O)CC(C)(C)C)c2Cl)nc2cc(Cl)c(N3CCCC(C(F)(F)F)C3)cc21. The number of piperidine rings is 1. The van der Waals surface area contributed by atoms with E-state index in [1.165, 1.54) is 0 Å². The molecule has 0 radical (unpaired) electrons. The average Bonchev–Trinajstić information content (AvgIpc) is 3.13. The van der Waals surface area contributed by atoms with Gasteiger partial charge < -0.3 is 14.8 Å². The number of hydrogen-bond donors (Lipinski definition) is 1. The lowest BCUT2D eigenvalue weighted by Gasteiger charge is -2.35. The maximum atomic E-state index is 13.4. The number of anilines is 1. The van der Waals surface area contributed by atoms with E-state index in [4.69, 9.17) is 39.8 Å². The van der Waals surface area contributed by atoms with Crippen LogP contribution >= 0.6 is 34.8 Å². The molecule has 1 N–H and O–H groups in total. The number of rotatable bonds is 6. The molecule has 4 rings (SSSR count). The summed E-state index contributed by atoms with van der Waals surface area (Å²) in [4.78, 5) is 18.7. The fraction of sp³-hybridized carbons (Fsp3) is 0.500. The standard InChI is InChI=1S/C28H32Cl3F3N4O/c1-27(2,3)13-25(39)35-14-16-7-8-19(29)18(26(16)31)10-24-36-21-11-20(30)22(12-23(21)37(24)4)38-9-5-6-17(15-38)28(32,33)34/h7-8,11-12,17H,5-6,9-10,13-15H2,1-4H3,(H,35,39). The van der Waals surface area contributed by atoms with Crippen LogP contribution in [-0.4, -0.2) is 34.7 Å². The molecule has 1 atom stereocenters. The van der Waals surface area contributed by atoms with Crippen LogP contribution in [0.15, 0.2) is 24.3 Å². The van der Waals surface area contributed by atoms with Gasteiger partial charge in [-0.15, -0.1) is 0 Å². The Kier molecular flexibility index (Phi) is 8.70. The smallest absolute Gasteiger partial charge is 0.370 e. The third-order valence-corrected chi connectivity index (χ3v) is 8.16. The molecule has 11 heteroatoms. The van der Waals surface area contributed by atoms with E-state index in [0.29, 0.717) is 63.5 Å². The van der Waals surface area contributed by atoms with Gasteiger partial charge in [0.25, 0.3) is 0 Å². The molecule has 0 aliphatic carbocycles. The molecule has 2 heterocycles. The van der Waals surface area contributed by atoms with Crippen LogP contribution in [0.2, 0.25) is 15.1 Å². The first-order valence-corrected chi connectivity index (χ1v) is 14.0. The van der Waals surface area contributed by atoms with E-state index in [9.17, 15) is 18.0 Å². The summed E-state index contributed by atoms with van der Waals surface area (Å²) in [5, 5.41) is 4.21. The van der Waals surface area contributed by atoms with Gasteiger partial charge >= 0.3 is 6.18 Å². The number of nitrogens with one attached hydrogen (secondary N) is 1. The van der Waals surface area contributed by atoms with Crippen molar-refractivity contribution in [2.75, 3.05) is 18.0 Å². The average molecular weight is 604 g/mol. The lowest BCUT2D eigenvalue weighted by molar-refractivity contribution is -0.176. The van der Waals surface area contributed by atoms with Crippen molar-refractivity contribution >= 4 is 57.4 Å². The quantitative estimate of drug-likeness (QED) is 0.311. The summed E-state index contributed by atoms with van der Waals surface area (Å²) < 4.78 is 42.0. The lowest BCUT2D eigenvalue weighted by Crippen LogP contribution is -2.41. The van der Waals surface area contributed by atoms with E-state index >= 15 is 0 Å². The van der Waals surface area contributed by atoms with Gasteiger partial charge in [-0.2, -0.15) is 13.2 Å². The van der Waals surface area contributed by atoms with Crippen LogP contribution in [0.25, 0.3) is 11.0 Å². The third-order valence-electron chi connectivity index (χ3n) is 7.03. The van der Waals surface area contributed by atoms with E-state index in [1.54, 1.807) is 29.2 Å². The topological polar surface area (TPSA) is 50.2 Å². The number of fused-ring (bicyclic) bond motifs is 1. The molecule has 0 spiro atoms. The first-order chi connectivity index (χ1) is 18.1. The molecule has 0 saturated carbocycles. The van der Waals surface area contributed by atoms with Gasteiger partial charge in [-0.3, -0.25) is 4.79 Å². The van der Waals surface area contributed by atoms with Crippen LogP contribution < -0.4 is 10.2 Å². The number of imidazole rings is 1. The van der Waals surface area contributed by atoms with Crippen molar-refractivity contribution in [3.63, 3.8) is 0 Å². The molecular weight excluding hydrogens is 572 g/mol. The summed E-state index contributed by atoms with van der Waals surface area (Å²) >= 11 is 19.8. The number of nitrogens with zero attached hydrogens (tertiary/aromatic N) is 3. The number of carbonyl (C=O) groups excluding carboxylic acids is 1. The summed E-state index contributed by atoms with van der Waals surface area (Å²) in [5.74, 6) is -0.772. The molecule has 0 bridgehead atoms. The highest BCUT2D eigenvalue weighted by atomic mass is 35.5. The zero-order valence-corrected chi connectivity index (χ0v) is 24.6. The zero-order chi connectivity index (χ0) is 28.7. The highest BCUT2D eigenvalue weighted by molar-refractivity contribution is 6.36. The lowest BCUT2D eigenvalue weighted by atomic mass is 9.92. The van der Waals surface area contributed by atoms with Gasteiger partial charge in [-0.25, -0.2) is 4.98 Å². The van der Waals surface area contributed by atoms with Crippen LogP contribution in [-0.2, 0) is 24.8 Å².